The van der Waals surface area contributed by atoms with Crippen LogP contribution in [0.1, 0.15) is 92.6 Å². The number of benzene rings is 1. The third-order valence-electron chi connectivity index (χ3n) is 12.2. The van der Waals surface area contributed by atoms with E-state index in [1.165, 1.54) is 18.7 Å². The van der Waals surface area contributed by atoms with Gasteiger partial charge >= 0.3 is 11.9 Å². The van der Waals surface area contributed by atoms with Crippen molar-refractivity contribution in [3.8, 4) is 0 Å². The molecule has 1 aromatic carbocycles. The van der Waals surface area contributed by atoms with Gasteiger partial charge in [-0.25, -0.2) is 0 Å². The van der Waals surface area contributed by atoms with Crippen molar-refractivity contribution < 1.29 is 62.9 Å². The zero-order valence-electron chi connectivity index (χ0n) is 39.1. The Balaban J connectivity index is 1.62. The smallest absolute Gasteiger partial charge is 0.308 e. The number of hydrogen-bond donors (Lipinski definition) is 4. The van der Waals surface area contributed by atoms with Crippen molar-refractivity contribution in [3.05, 3.63) is 60.2 Å². The second-order valence-corrected chi connectivity index (χ2v) is 18.6. The molecule has 15 heteroatoms. The normalized spacial score (nSPS) is 36.4. The maximum atomic E-state index is 13.5. The van der Waals surface area contributed by atoms with Crippen molar-refractivity contribution in [2.75, 3.05) is 34.3 Å². The molecule has 2 saturated heterocycles. The summed E-state index contributed by atoms with van der Waals surface area (Å²) in [6.45, 7) is 13.8. The summed E-state index contributed by atoms with van der Waals surface area (Å²) in [6.07, 6.45) is -1.98. The summed E-state index contributed by atoms with van der Waals surface area (Å²) in [5.74, 6) is -1.94. The van der Waals surface area contributed by atoms with Crippen molar-refractivity contribution in [2.24, 2.45) is 17.8 Å². The molecule has 3 aliphatic rings. The molecule has 2 fully saturated rings. The second-order valence-electron chi connectivity index (χ2n) is 18.6. The van der Waals surface area contributed by atoms with E-state index in [0.29, 0.717) is 32.4 Å². The summed E-state index contributed by atoms with van der Waals surface area (Å²) in [4.78, 5) is 41.1. The van der Waals surface area contributed by atoms with Gasteiger partial charge in [0, 0.05) is 32.3 Å². The van der Waals surface area contributed by atoms with Gasteiger partial charge in [0.15, 0.2) is 24.5 Å². The monoisotopic (exact) mass is 889 g/mol. The number of nitrogens with one attached hydrogen (secondary N) is 1. The predicted molar refractivity (Wildman–Crippen MR) is 236 cm³/mol. The number of ether oxygens (including phenoxy) is 7. The number of ketones is 1. The van der Waals surface area contributed by atoms with E-state index in [1.807, 2.05) is 45.0 Å². The fraction of sp³-hybridized carbons (Fsp3) is 0.729. The van der Waals surface area contributed by atoms with Gasteiger partial charge in [0.2, 0.25) is 0 Å². The van der Waals surface area contributed by atoms with Crippen LogP contribution in [0.2, 0.25) is 0 Å². The first-order valence-corrected chi connectivity index (χ1v) is 22.7. The number of carbonyl (C=O) groups excluding carboxylic acids is 3. The fourth-order valence-electron chi connectivity index (χ4n) is 8.89. The molecule has 15 nitrogen and oxygen atoms in total. The molecular formula is C48H76N2O13. The zero-order chi connectivity index (χ0) is 46.4. The van der Waals surface area contributed by atoms with Gasteiger partial charge in [-0.05, 0) is 97.6 Å². The Labute approximate surface area is 374 Å². The van der Waals surface area contributed by atoms with Crippen molar-refractivity contribution in [1.29, 1.82) is 0 Å². The molecular weight excluding hydrogens is 813 g/mol. The van der Waals surface area contributed by atoms with Gasteiger partial charge in [0.1, 0.15) is 30.0 Å². The maximum absolute atomic E-state index is 13.5. The number of likely N-dealkylation sites (N-methyl/N-ethyl adjacent to an activating group) is 1. The minimum Gasteiger partial charge on any atom is -0.462 e. The first kappa shape index (κ1) is 52.5. The highest BCUT2D eigenvalue weighted by atomic mass is 16.7. The van der Waals surface area contributed by atoms with E-state index in [0.717, 1.165) is 6.42 Å². The van der Waals surface area contributed by atoms with Crippen LogP contribution in [0.3, 0.4) is 0 Å². The van der Waals surface area contributed by atoms with E-state index < -0.39 is 103 Å². The maximum Gasteiger partial charge on any atom is 0.308 e. The standard InChI is InChI=1S/C48H76N2O13/c1-29(2)25-38(53)61-46-33(6)59-40(28-48(46,7)56)62-43-32(5)60-47(42(55)41(43)50(8)9)63-44-35(22-24-49-23-21-34-18-14-12-15-19-34)26-30(3)36(51)20-16-11-13-17-31(4)58-39(54)27-37(52)45(44)57-10/h11-16,18-20,29-33,35,37,40-47,49,52,55-56H,17,21-28H2,1-10H3/t30-,31-,32-,33?,35+,37+,40?,41-,42-,43-,44+,45+,46?,47+,48?/m1/s1. The number of esters is 2. The highest BCUT2D eigenvalue weighted by Gasteiger charge is 2.52. The van der Waals surface area contributed by atoms with Crippen LogP contribution in [0.5, 0.6) is 0 Å². The lowest BCUT2D eigenvalue weighted by Crippen LogP contribution is -2.66. The zero-order valence-corrected chi connectivity index (χ0v) is 39.1. The van der Waals surface area contributed by atoms with Crippen LogP contribution in [0.15, 0.2) is 54.6 Å². The largest absolute Gasteiger partial charge is 0.462 e. The van der Waals surface area contributed by atoms with Crippen molar-refractivity contribution in [2.45, 2.75) is 173 Å². The summed E-state index contributed by atoms with van der Waals surface area (Å²) in [5.41, 5.74) is -0.288. The highest BCUT2D eigenvalue weighted by Crippen LogP contribution is 2.37. The lowest BCUT2D eigenvalue weighted by molar-refractivity contribution is -0.344. The van der Waals surface area contributed by atoms with Gasteiger partial charge < -0.3 is 58.7 Å². The number of allylic oxidation sites excluding steroid dienone is 3. The number of cyclic esters (lactones) is 1. The summed E-state index contributed by atoms with van der Waals surface area (Å²) in [7, 11) is 5.02. The Kier molecular flexibility index (Phi) is 20.8. The number of methoxy groups -OCH3 is 1. The van der Waals surface area contributed by atoms with Crippen molar-refractivity contribution >= 4 is 17.7 Å². The minimum atomic E-state index is -1.48. The molecule has 3 aliphatic heterocycles. The summed E-state index contributed by atoms with van der Waals surface area (Å²) < 4.78 is 43.4. The molecule has 0 saturated carbocycles. The second kappa shape index (κ2) is 25.0. The Hall–Kier alpha value is -3.09. The molecule has 356 valence electrons. The average molecular weight is 889 g/mol. The molecule has 3 heterocycles. The van der Waals surface area contributed by atoms with Gasteiger partial charge in [-0.15, -0.1) is 0 Å². The molecule has 4 unspecified atom stereocenters. The molecule has 0 bridgehead atoms. The van der Waals surface area contributed by atoms with Gasteiger partial charge in [-0.2, -0.15) is 0 Å². The van der Waals surface area contributed by atoms with Gasteiger partial charge in [0.05, 0.1) is 36.9 Å². The predicted octanol–water partition coefficient (Wildman–Crippen LogP) is 4.28. The van der Waals surface area contributed by atoms with E-state index in [2.05, 4.69) is 17.4 Å². The van der Waals surface area contributed by atoms with Crippen LogP contribution in [-0.4, -0.2) is 151 Å². The van der Waals surface area contributed by atoms with Gasteiger partial charge in [0.25, 0.3) is 0 Å². The van der Waals surface area contributed by atoms with Crippen molar-refractivity contribution in [1.82, 2.24) is 10.2 Å². The van der Waals surface area contributed by atoms with Crippen molar-refractivity contribution in [3.63, 3.8) is 0 Å². The summed E-state index contributed by atoms with van der Waals surface area (Å²) in [5, 5.41) is 39.0. The molecule has 4 rings (SSSR count). The minimum absolute atomic E-state index is 0.0174. The lowest BCUT2D eigenvalue weighted by Gasteiger charge is -2.50. The highest BCUT2D eigenvalue weighted by molar-refractivity contribution is 5.91. The number of nitrogens with zero attached hydrogens (tertiary/aromatic N) is 1. The quantitative estimate of drug-likeness (QED) is 0.144. The SMILES string of the molecule is CO[C@@H]1[C@@H](O[C@@H]2O[C@H](C)[C@@H](OC3CC(C)(O)C(OC(=O)CC(C)C)C(C)O3)[C@H](N(C)C)[C@H]2O)[C@@H](CCNCCc2ccccc2)C[C@@H](C)C(=O)C=CC=CC[C@@H](C)OC(=O)C[C@@H]1O. The van der Waals surface area contributed by atoms with Crippen LogP contribution in [-0.2, 0) is 54.0 Å². The van der Waals surface area contributed by atoms with E-state index in [4.69, 9.17) is 33.2 Å². The molecule has 0 aromatic heterocycles. The number of carbonyl (C=O) groups is 3. The third kappa shape index (κ3) is 15.8. The Morgan fingerprint density at radius 3 is 2.33 bits per heavy atom. The lowest BCUT2D eigenvalue weighted by atomic mass is 9.82. The van der Waals surface area contributed by atoms with Gasteiger partial charge in [-0.3, -0.25) is 14.4 Å². The van der Waals surface area contributed by atoms with E-state index in [9.17, 15) is 29.7 Å². The molecule has 0 aliphatic carbocycles. The topological polar surface area (TPSA) is 192 Å². The Morgan fingerprint density at radius 2 is 1.68 bits per heavy atom. The first-order valence-electron chi connectivity index (χ1n) is 22.7. The Morgan fingerprint density at radius 1 is 0.968 bits per heavy atom. The number of rotatable bonds is 15. The molecule has 15 atom stereocenters. The summed E-state index contributed by atoms with van der Waals surface area (Å²) in [6, 6.07) is 9.40. The van der Waals surface area contributed by atoms with E-state index in [-0.39, 0.29) is 31.0 Å². The van der Waals surface area contributed by atoms with E-state index >= 15 is 0 Å². The van der Waals surface area contributed by atoms with E-state index in [1.54, 1.807) is 58.8 Å². The van der Waals surface area contributed by atoms with Crippen LogP contribution in [0.4, 0.5) is 0 Å². The van der Waals surface area contributed by atoms with Crippen LogP contribution in [0.25, 0.3) is 0 Å². The number of aliphatic hydroxyl groups is 3. The fourth-order valence-corrected chi connectivity index (χ4v) is 8.89. The molecule has 0 amide bonds. The molecule has 4 N–H and O–H groups in total. The number of hydrogen-bond acceptors (Lipinski definition) is 15. The molecule has 63 heavy (non-hydrogen) atoms. The molecule has 0 radical (unpaired) electrons. The van der Waals surface area contributed by atoms with Crippen LogP contribution >= 0.6 is 0 Å². The third-order valence-corrected chi connectivity index (χ3v) is 12.2. The average Bonchev–Trinajstić information content (AvgIpc) is 3.19. The first-order chi connectivity index (χ1) is 29.8. The summed E-state index contributed by atoms with van der Waals surface area (Å²) >= 11 is 0. The van der Waals surface area contributed by atoms with Gasteiger partial charge in [-0.1, -0.05) is 69.3 Å². The number of aliphatic hydroxyl groups excluding tert-OH is 2. The van der Waals surface area contributed by atoms with Crippen LogP contribution < -0.4 is 5.32 Å². The molecule has 0 spiro atoms. The Bertz CT molecular complexity index is 1620. The molecule has 1 aromatic rings. The van der Waals surface area contributed by atoms with Crippen LogP contribution in [0, 0.1) is 17.8 Å².